The van der Waals surface area contributed by atoms with Crippen LogP contribution in [-0.4, -0.2) is 49.2 Å². The van der Waals surface area contributed by atoms with Crippen LogP contribution in [0.25, 0.3) is 0 Å². The van der Waals surface area contributed by atoms with E-state index >= 15 is 0 Å². The average Bonchev–Trinajstić information content (AvgIpc) is 2.73. The van der Waals surface area contributed by atoms with E-state index in [2.05, 4.69) is 48.2 Å². The fourth-order valence-corrected chi connectivity index (χ4v) is 4.53. The van der Waals surface area contributed by atoms with Gasteiger partial charge in [-0.25, -0.2) is 4.39 Å². The first-order valence-electron chi connectivity index (χ1n) is 10.1. The van der Waals surface area contributed by atoms with Crippen LogP contribution in [0.1, 0.15) is 38.7 Å². The second kappa shape index (κ2) is 12.4. The Morgan fingerprint density at radius 1 is 1.26 bits per heavy atom. The van der Waals surface area contributed by atoms with E-state index in [9.17, 15) is 4.39 Å². The molecule has 1 aromatic rings. The average molecular weight is 392 g/mol. The molecule has 0 unspecified atom stereocenters. The summed E-state index contributed by atoms with van der Waals surface area (Å²) in [4.78, 5) is 3.68. The van der Waals surface area contributed by atoms with Crippen molar-refractivity contribution < 1.29 is 9.13 Å². The van der Waals surface area contributed by atoms with Crippen molar-refractivity contribution >= 4 is 11.8 Å². The van der Waals surface area contributed by atoms with E-state index in [1.54, 1.807) is 17.8 Å². The number of ether oxygens (including phenoxy) is 1. The summed E-state index contributed by atoms with van der Waals surface area (Å²) >= 11 is 1.79. The largest absolute Gasteiger partial charge is 0.374 e. The summed E-state index contributed by atoms with van der Waals surface area (Å²) in [5.74, 6) is 0.940. The molecule has 1 heterocycles. The summed E-state index contributed by atoms with van der Waals surface area (Å²) in [6.45, 7) is 7.86. The van der Waals surface area contributed by atoms with Gasteiger partial charge in [-0.05, 0) is 38.2 Å². The molecule has 1 aromatic carbocycles. The lowest BCUT2D eigenvalue weighted by molar-refractivity contribution is -0.0668. The Balaban J connectivity index is 1.86. The number of hydrogen-bond acceptors (Lipinski definition) is 3. The molecule has 1 aliphatic heterocycles. The molecular formula is C23H34FNOS. The van der Waals surface area contributed by atoms with Crippen LogP contribution in [-0.2, 0) is 11.2 Å². The lowest BCUT2D eigenvalue weighted by Crippen LogP contribution is -2.48. The Morgan fingerprint density at radius 2 is 2.00 bits per heavy atom. The second-order valence-electron chi connectivity index (χ2n) is 7.15. The van der Waals surface area contributed by atoms with Crippen molar-refractivity contribution in [2.45, 2.75) is 45.1 Å². The van der Waals surface area contributed by atoms with Gasteiger partial charge in [0.25, 0.3) is 0 Å². The fraction of sp³-hybridized carbons (Fsp3) is 0.565. The predicted octanol–water partition coefficient (Wildman–Crippen LogP) is 5.65. The molecule has 0 N–H and O–H groups in total. The molecule has 0 radical (unpaired) electrons. The third-order valence-electron chi connectivity index (χ3n) is 5.10. The first-order valence-corrected chi connectivity index (χ1v) is 11.1. The highest BCUT2D eigenvalue weighted by Gasteiger charge is 2.35. The summed E-state index contributed by atoms with van der Waals surface area (Å²) in [6, 6.07) is 10.7. The standard InChI is InChI=1S/C23H34FNOS/c1-3-19-26-23(20-27-22(4-2)11-8-15-24)13-17-25(18-14-23)16-12-21-9-6-5-7-10-21/h4-11H,3,12-20H2,1-2H3/b11-8-,22-4+. The second-order valence-corrected chi connectivity index (χ2v) is 8.19. The van der Waals surface area contributed by atoms with E-state index in [1.807, 2.05) is 13.0 Å². The van der Waals surface area contributed by atoms with Crippen molar-refractivity contribution in [2.24, 2.45) is 0 Å². The summed E-state index contributed by atoms with van der Waals surface area (Å²) < 4.78 is 18.8. The van der Waals surface area contributed by atoms with Gasteiger partial charge in [0, 0.05) is 36.9 Å². The number of rotatable bonds is 11. The van der Waals surface area contributed by atoms with E-state index in [4.69, 9.17) is 4.74 Å². The predicted molar refractivity (Wildman–Crippen MR) is 116 cm³/mol. The first-order chi connectivity index (χ1) is 13.2. The zero-order chi connectivity index (χ0) is 19.4. The topological polar surface area (TPSA) is 12.5 Å². The van der Waals surface area contributed by atoms with Gasteiger partial charge in [0.1, 0.15) is 6.67 Å². The van der Waals surface area contributed by atoms with E-state index in [0.717, 1.165) is 62.6 Å². The molecule has 1 fully saturated rings. The van der Waals surface area contributed by atoms with Gasteiger partial charge >= 0.3 is 0 Å². The van der Waals surface area contributed by atoms with Crippen LogP contribution < -0.4 is 0 Å². The van der Waals surface area contributed by atoms with Gasteiger partial charge in [0.15, 0.2) is 0 Å². The van der Waals surface area contributed by atoms with Crippen molar-refractivity contribution in [3.8, 4) is 0 Å². The minimum absolute atomic E-state index is 0.0538. The van der Waals surface area contributed by atoms with Crippen LogP contribution in [0.5, 0.6) is 0 Å². The highest BCUT2D eigenvalue weighted by Crippen LogP contribution is 2.33. The third kappa shape index (κ3) is 7.81. The van der Waals surface area contributed by atoms with Crippen molar-refractivity contribution in [3.05, 3.63) is 59.0 Å². The SMILES string of the molecule is C/C=C(\C=C/CF)SCC1(OCCC)CCN(CCc2ccccc2)CC1. The van der Waals surface area contributed by atoms with Gasteiger partial charge in [-0.3, -0.25) is 0 Å². The van der Waals surface area contributed by atoms with Crippen molar-refractivity contribution in [2.75, 3.05) is 38.7 Å². The molecule has 4 heteroatoms. The Morgan fingerprint density at radius 3 is 2.63 bits per heavy atom. The van der Waals surface area contributed by atoms with E-state index < -0.39 is 6.67 Å². The summed E-state index contributed by atoms with van der Waals surface area (Å²) in [6.07, 6.45) is 9.80. The van der Waals surface area contributed by atoms with Crippen molar-refractivity contribution in [1.29, 1.82) is 0 Å². The van der Waals surface area contributed by atoms with Crippen LogP contribution in [0, 0.1) is 0 Å². The Hall–Kier alpha value is -1.10. The molecule has 2 rings (SSSR count). The Kier molecular flexibility index (Phi) is 10.2. The maximum Gasteiger partial charge on any atom is 0.108 e. The number of halogens is 1. The number of likely N-dealkylation sites (tertiary alicyclic amines) is 1. The monoisotopic (exact) mass is 391 g/mol. The molecule has 1 saturated heterocycles. The van der Waals surface area contributed by atoms with Crippen LogP contribution >= 0.6 is 11.8 Å². The molecule has 27 heavy (non-hydrogen) atoms. The van der Waals surface area contributed by atoms with E-state index in [1.165, 1.54) is 5.56 Å². The number of alkyl halides is 1. The Bertz CT molecular complexity index is 579. The molecule has 150 valence electrons. The number of thioether (sulfide) groups is 1. The maximum absolute atomic E-state index is 12.4. The van der Waals surface area contributed by atoms with Crippen molar-refractivity contribution in [3.63, 3.8) is 0 Å². The molecule has 2 nitrogen and oxygen atoms in total. The number of nitrogens with zero attached hydrogens (tertiary/aromatic N) is 1. The normalized spacial score (nSPS) is 18.3. The van der Waals surface area contributed by atoms with Gasteiger partial charge < -0.3 is 9.64 Å². The molecule has 0 atom stereocenters. The summed E-state index contributed by atoms with van der Waals surface area (Å²) in [5, 5.41) is 0. The molecule has 0 aromatic heterocycles. The van der Waals surface area contributed by atoms with Gasteiger partial charge in [0.2, 0.25) is 0 Å². The van der Waals surface area contributed by atoms with Gasteiger partial charge in [-0.2, -0.15) is 0 Å². The number of allylic oxidation sites excluding steroid dienone is 3. The number of piperidine rings is 1. The highest BCUT2D eigenvalue weighted by molar-refractivity contribution is 8.03. The zero-order valence-electron chi connectivity index (χ0n) is 16.8. The number of benzene rings is 1. The quantitative estimate of drug-likeness (QED) is 0.452. The van der Waals surface area contributed by atoms with Crippen LogP contribution in [0.2, 0.25) is 0 Å². The number of hydrogen-bond donors (Lipinski definition) is 0. The first kappa shape index (κ1) is 22.2. The summed E-state index contributed by atoms with van der Waals surface area (Å²) in [7, 11) is 0. The molecule has 0 spiro atoms. The van der Waals surface area contributed by atoms with E-state index in [0.29, 0.717) is 0 Å². The molecule has 1 aliphatic rings. The molecule has 0 saturated carbocycles. The fourth-order valence-electron chi connectivity index (χ4n) is 3.37. The lowest BCUT2D eigenvalue weighted by Gasteiger charge is -2.41. The molecular weight excluding hydrogens is 357 g/mol. The zero-order valence-corrected chi connectivity index (χ0v) is 17.6. The van der Waals surface area contributed by atoms with Gasteiger partial charge in [-0.15, -0.1) is 11.8 Å². The van der Waals surface area contributed by atoms with E-state index in [-0.39, 0.29) is 5.60 Å². The minimum Gasteiger partial charge on any atom is -0.374 e. The Labute approximate surface area is 168 Å². The lowest BCUT2D eigenvalue weighted by atomic mass is 9.92. The van der Waals surface area contributed by atoms with Gasteiger partial charge in [-0.1, -0.05) is 55.5 Å². The smallest absolute Gasteiger partial charge is 0.108 e. The van der Waals surface area contributed by atoms with Crippen LogP contribution in [0.3, 0.4) is 0 Å². The molecule has 0 amide bonds. The van der Waals surface area contributed by atoms with Crippen molar-refractivity contribution in [1.82, 2.24) is 4.90 Å². The summed E-state index contributed by atoms with van der Waals surface area (Å²) in [5.41, 5.74) is 1.35. The third-order valence-corrected chi connectivity index (χ3v) is 6.47. The van der Waals surface area contributed by atoms with Gasteiger partial charge in [0.05, 0.1) is 5.60 Å². The molecule has 0 aliphatic carbocycles. The maximum atomic E-state index is 12.4. The van der Waals surface area contributed by atoms with Crippen LogP contribution in [0.15, 0.2) is 53.5 Å². The minimum atomic E-state index is -0.411. The highest BCUT2D eigenvalue weighted by atomic mass is 32.2. The van der Waals surface area contributed by atoms with Crippen LogP contribution in [0.4, 0.5) is 4.39 Å². The molecule has 0 bridgehead atoms.